The lowest BCUT2D eigenvalue weighted by atomic mass is 10.3. The van der Waals surface area contributed by atoms with Crippen LogP contribution in [0.5, 0.6) is 6.01 Å². The third kappa shape index (κ3) is 3.02. The average Bonchev–Trinajstić information content (AvgIpc) is 3.22. The van der Waals surface area contributed by atoms with Crippen molar-refractivity contribution in [3.63, 3.8) is 0 Å². The molecule has 2 aliphatic rings. The summed E-state index contributed by atoms with van der Waals surface area (Å²) in [5.74, 6) is 2.25. The molecule has 0 saturated heterocycles. The second kappa shape index (κ2) is 4.88. The van der Waals surface area contributed by atoms with Gasteiger partial charge in [0, 0.05) is 13.1 Å². The molecule has 0 atom stereocenters. The van der Waals surface area contributed by atoms with Gasteiger partial charge in [-0.15, -0.1) is 0 Å². The van der Waals surface area contributed by atoms with Crippen molar-refractivity contribution in [2.45, 2.75) is 25.7 Å². The molecule has 2 aliphatic carbocycles. The van der Waals surface area contributed by atoms with Crippen LogP contribution >= 0.6 is 11.6 Å². The van der Waals surface area contributed by atoms with E-state index >= 15 is 0 Å². The van der Waals surface area contributed by atoms with E-state index in [0.717, 1.165) is 24.9 Å². The maximum atomic E-state index is 5.91. The molecule has 0 aliphatic heterocycles. The summed E-state index contributed by atoms with van der Waals surface area (Å²) in [5, 5.41) is 0.202. The van der Waals surface area contributed by atoms with Crippen LogP contribution in [0.2, 0.25) is 5.28 Å². The third-order valence-corrected chi connectivity index (χ3v) is 3.56. The first-order valence-corrected chi connectivity index (χ1v) is 6.83. The first kappa shape index (κ1) is 12.0. The van der Waals surface area contributed by atoms with E-state index in [-0.39, 0.29) is 5.28 Å². The number of hydrogen-bond acceptors (Lipinski definition) is 5. The molecule has 0 aromatic carbocycles. The summed E-state index contributed by atoms with van der Waals surface area (Å²) < 4.78 is 5.05. The summed E-state index contributed by atoms with van der Waals surface area (Å²) in [5.41, 5.74) is 0. The molecule has 2 fully saturated rings. The van der Waals surface area contributed by atoms with Gasteiger partial charge in [-0.05, 0) is 49.1 Å². The van der Waals surface area contributed by atoms with E-state index in [1.165, 1.54) is 25.7 Å². The maximum Gasteiger partial charge on any atom is 0.322 e. The van der Waals surface area contributed by atoms with Gasteiger partial charge in [-0.3, -0.25) is 0 Å². The number of methoxy groups -OCH3 is 1. The van der Waals surface area contributed by atoms with Gasteiger partial charge >= 0.3 is 6.01 Å². The van der Waals surface area contributed by atoms with Gasteiger partial charge in [-0.1, -0.05) is 0 Å². The van der Waals surface area contributed by atoms with Crippen LogP contribution in [-0.4, -0.2) is 35.2 Å². The van der Waals surface area contributed by atoms with Gasteiger partial charge in [0.1, 0.15) is 0 Å². The van der Waals surface area contributed by atoms with Crippen molar-refractivity contribution in [1.82, 2.24) is 15.0 Å². The van der Waals surface area contributed by atoms with Crippen molar-refractivity contribution in [3.05, 3.63) is 5.28 Å². The highest BCUT2D eigenvalue weighted by Gasteiger charge is 2.30. The van der Waals surface area contributed by atoms with E-state index in [2.05, 4.69) is 19.9 Å². The topological polar surface area (TPSA) is 51.1 Å². The molecule has 0 amide bonds. The van der Waals surface area contributed by atoms with Gasteiger partial charge in [0.05, 0.1) is 7.11 Å². The van der Waals surface area contributed by atoms with Crippen LogP contribution in [0, 0.1) is 11.8 Å². The molecule has 18 heavy (non-hydrogen) atoms. The fourth-order valence-electron chi connectivity index (χ4n) is 2.02. The molecular weight excluding hydrogens is 252 g/mol. The number of hydrogen-bond donors (Lipinski definition) is 0. The summed E-state index contributed by atoms with van der Waals surface area (Å²) in [4.78, 5) is 14.7. The Hall–Kier alpha value is -1.10. The minimum absolute atomic E-state index is 0.202. The molecule has 1 heterocycles. The van der Waals surface area contributed by atoms with E-state index in [4.69, 9.17) is 16.3 Å². The second-order valence-corrected chi connectivity index (χ2v) is 5.52. The van der Waals surface area contributed by atoms with Crippen molar-refractivity contribution in [3.8, 4) is 6.01 Å². The molecule has 2 saturated carbocycles. The fourth-order valence-corrected chi connectivity index (χ4v) is 2.16. The Bertz CT molecular complexity index is 420. The van der Waals surface area contributed by atoms with E-state index in [1.54, 1.807) is 7.11 Å². The molecule has 0 unspecified atom stereocenters. The number of anilines is 1. The summed E-state index contributed by atoms with van der Waals surface area (Å²) in [6, 6.07) is 0.293. The van der Waals surface area contributed by atoms with E-state index in [0.29, 0.717) is 12.0 Å². The Balaban J connectivity index is 1.79. The highest BCUT2D eigenvalue weighted by Crippen LogP contribution is 2.35. The second-order valence-electron chi connectivity index (χ2n) is 5.18. The lowest BCUT2D eigenvalue weighted by Crippen LogP contribution is -2.30. The quantitative estimate of drug-likeness (QED) is 0.791. The largest absolute Gasteiger partial charge is 0.467 e. The van der Waals surface area contributed by atoms with Gasteiger partial charge in [-0.2, -0.15) is 15.0 Å². The first-order valence-electron chi connectivity index (χ1n) is 6.45. The SMILES string of the molecule is COc1nc(Cl)nc(N(CC2CC2)CC2CC2)n1. The molecule has 0 N–H and O–H groups in total. The number of ether oxygens (including phenoxy) is 1. The molecule has 1 aromatic heterocycles. The van der Waals surface area contributed by atoms with Gasteiger partial charge < -0.3 is 9.64 Å². The highest BCUT2D eigenvalue weighted by atomic mass is 35.5. The van der Waals surface area contributed by atoms with E-state index < -0.39 is 0 Å². The van der Waals surface area contributed by atoms with Gasteiger partial charge in [0.15, 0.2) is 0 Å². The fraction of sp³-hybridized carbons (Fsp3) is 0.750. The average molecular weight is 269 g/mol. The number of aromatic nitrogens is 3. The van der Waals surface area contributed by atoms with Crippen LogP contribution in [0.4, 0.5) is 5.95 Å². The Morgan fingerprint density at radius 3 is 2.22 bits per heavy atom. The standard InChI is InChI=1S/C12H17ClN4O/c1-18-12-15-10(13)14-11(16-12)17(6-8-2-3-8)7-9-4-5-9/h8-9H,2-7H2,1H3. The minimum atomic E-state index is 0.202. The zero-order valence-corrected chi connectivity index (χ0v) is 11.2. The van der Waals surface area contributed by atoms with E-state index in [1.807, 2.05) is 0 Å². The summed E-state index contributed by atoms with van der Waals surface area (Å²) in [6.07, 6.45) is 5.27. The smallest absolute Gasteiger partial charge is 0.322 e. The van der Waals surface area contributed by atoms with Crippen LogP contribution in [0.1, 0.15) is 25.7 Å². The monoisotopic (exact) mass is 268 g/mol. The van der Waals surface area contributed by atoms with Crippen molar-refractivity contribution < 1.29 is 4.74 Å². The maximum absolute atomic E-state index is 5.91. The third-order valence-electron chi connectivity index (χ3n) is 3.39. The van der Waals surface area contributed by atoms with Crippen LogP contribution in [-0.2, 0) is 0 Å². The highest BCUT2D eigenvalue weighted by molar-refractivity contribution is 6.28. The Morgan fingerprint density at radius 2 is 1.72 bits per heavy atom. The number of rotatable bonds is 6. The number of nitrogens with zero attached hydrogens (tertiary/aromatic N) is 4. The minimum Gasteiger partial charge on any atom is -0.467 e. The molecule has 0 spiro atoms. The zero-order chi connectivity index (χ0) is 12.5. The molecule has 0 bridgehead atoms. The van der Waals surface area contributed by atoms with Gasteiger partial charge in [0.2, 0.25) is 11.2 Å². The zero-order valence-electron chi connectivity index (χ0n) is 10.5. The molecule has 6 heteroatoms. The van der Waals surface area contributed by atoms with Crippen LogP contribution < -0.4 is 9.64 Å². The molecule has 0 radical (unpaired) electrons. The molecule has 5 nitrogen and oxygen atoms in total. The number of halogens is 1. The Morgan fingerprint density at radius 1 is 1.11 bits per heavy atom. The van der Waals surface area contributed by atoms with Crippen molar-refractivity contribution in [1.29, 1.82) is 0 Å². The first-order chi connectivity index (χ1) is 8.74. The van der Waals surface area contributed by atoms with Gasteiger partial charge in [0.25, 0.3) is 0 Å². The van der Waals surface area contributed by atoms with Crippen LogP contribution in [0.3, 0.4) is 0 Å². The van der Waals surface area contributed by atoms with E-state index in [9.17, 15) is 0 Å². The molecule has 1 aromatic rings. The molecule has 3 rings (SSSR count). The van der Waals surface area contributed by atoms with Gasteiger partial charge in [-0.25, -0.2) is 0 Å². The van der Waals surface area contributed by atoms with Crippen LogP contribution in [0.15, 0.2) is 0 Å². The predicted octanol–water partition coefficient (Wildman–Crippen LogP) is 2.16. The van der Waals surface area contributed by atoms with Crippen LogP contribution in [0.25, 0.3) is 0 Å². The Labute approximate surface area is 112 Å². The van der Waals surface area contributed by atoms with Crippen molar-refractivity contribution in [2.24, 2.45) is 11.8 Å². The van der Waals surface area contributed by atoms with Crippen molar-refractivity contribution in [2.75, 3.05) is 25.1 Å². The Kier molecular flexibility index (Phi) is 3.24. The summed E-state index contributed by atoms with van der Waals surface area (Å²) in [6.45, 7) is 2.06. The lowest BCUT2D eigenvalue weighted by molar-refractivity contribution is 0.377. The normalized spacial score (nSPS) is 18.8. The summed E-state index contributed by atoms with van der Waals surface area (Å²) >= 11 is 5.91. The predicted molar refractivity (Wildman–Crippen MR) is 69.1 cm³/mol. The lowest BCUT2D eigenvalue weighted by Gasteiger charge is -2.22. The van der Waals surface area contributed by atoms with Crippen molar-refractivity contribution >= 4 is 17.5 Å². The molecule has 98 valence electrons. The summed E-state index contributed by atoms with van der Waals surface area (Å²) in [7, 11) is 1.54. The molecular formula is C12H17ClN4O.